The molecule has 0 unspecified atom stereocenters. The summed E-state index contributed by atoms with van der Waals surface area (Å²) in [6.07, 6.45) is 0. The van der Waals surface area contributed by atoms with Crippen LogP contribution in [-0.2, 0) is 0 Å². The van der Waals surface area contributed by atoms with Gasteiger partial charge in [0.2, 0.25) is 0 Å². The molecule has 6 aromatic carbocycles. The molecular formula is C41H39Sb3. The zero-order valence-electron chi connectivity index (χ0n) is 25.3. The van der Waals surface area contributed by atoms with Gasteiger partial charge in [-0.05, 0) is 0 Å². The van der Waals surface area contributed by atoms with Crippen molar-refractivity contribution < 1.29 is 0 Å². The van der Waals surface area contributed by atoms with Crippen molar-refractivity contribution in [3.8, 4) is 0 Å². The van der Waals surface area contributed by atoms with Crippen LogP contribution in [0.5, 0.6) is 0 Å². The first kappa shape index (κ1) is 31.7. The van der Waals surface area contributed by atoms with Gasteiger partial charge in [0.1, 0.15) is 0 Å². The molecular weight excluding hydrogens is 858 g/mol. The summed E-state index contributed by atoms with van der Waals surface area (Å²) in [7, 11) is 0. The normalized spacial score (nSPS) is 11.7. The van der Waals surface area contributed by atoms with Crippen molar-refractivity contribution in [2.75, 3.05) is 0 Å². The third-order valence-corrected chi connectivity index (χ3v) is 33.1. The van der Waals surface area contributed by atoms with Crippen molar-refractivity contribution in [1.29, 1.82) is 0 Å². The molecule has 0 radical (unpaired) electrons. The monoisotopic (exact) mass is 894 g/mol. The molecule has 0 bridgehead atoms. The van der Waals surface area contributed by atoms with Gasteiger partial charge in [0.25, 0.3) is 0 Å². The quantitative estimate of drug-likeness (QED) is 0.134. The predicted octanol–water partition coefficient (Wildman–Crippen LogP) is 5.92. The minimum atomic E-state index is -2.11. The standard InChI is InChI=1S/6C6H5.C5H9.3Sb/c6*1-2-4-6-5-3-1;1-5(2,3)4;;;/h6*1-5H;1-3H2,4H3;;;. The topological polar surface area (TPSA) is 0 Å². The minimum absolute atomic E-state index is 0.234. The van der Waals surface area contributed by atoms with E-state index in [0.29, 0.717) is 0 Å². The average Bonchev–Trinajstić information content (AvgIpc) is 3.11. The van der Waals surface area contributed by atoms with Crippen LogP contribution in [0.4, 0.5) is 0 Å². The van der Waals surface area contributed by atoms with Crippen LogP contribution in [0, 0.1) is 5.41 Å². The van der Waals surface area contributed by atoms with Gasteiger partial charge in [-0.2, -0.15) is 0 Å². The van der Waals surface area contributed by atoms with Gasteiger partial charge < -0.3 is 0 Å². The molecule has 0 saturated heterocycles. The summed E-state index contributed by atoms with van der Waals surface area (Å²) in [4.78, 5) is 0. The van der Waals surface area contributed by atoms with Crippen molar-refractivity contribution >= 4 is 81.7 Å². The van der Waals surface area contributed by atoms with Gasteiger partial charge in [-0.3, -0.25) is 0 Å². The van der Waals surface area contributed by atoms with E-state index < -0.39 is 60.6 Å². The summed E-state index contributed by atoms with van der Waals surface area (Å²) in [5.74, 6) is 0. The summed E-state index contributed by atoms with van der Waals surface area (Å²) < 4.78 is 13.6. The van der Waals surface area contributed by atoms with E-state index >= 15 is 0 Å². The van der Waals surface area contributed by atoms with Crippen molar-refractivity contribution in [2.45, 2.75) is 20.0 Å². The fourth-order valence-corrected chi connectivity index (χ4v) is 33.9. The first-order chi connectivity index (χ1) is 21.7. The molecule has 0 amide bonds. The summed E-state index contributed by atoms with van der Waals surface area (Å²) in [6.45, 7) is 2.70. The van der Waals surface area contributed by atoms with Gasteiger partial charge >= 0.3 is 289 Å². The Labute approximate surface area is 286 Å². The second-order valence-electron chi connectivity index (χ2n) is 11.6. The number of rotatable bonds is 12. The third kappa shape index (κ3) is 8.32. The van der Waals surface area contributed by atoms with E-state index in [9.17, 15) is 0 Å². The van der Waals surface area contributed by atoms with Gasteiger partial charge in [0, 0.05) is 0 Å². The molecule has 0 N–H and O–H groups in total. The van der Waals surface area contributed by atoms with Gasteiger partial charge in [-0.1, -0.05) is 0 Å². The molecule has 6 aromatic rings. The van der Waals surface area contributed by atoms with Crippen molar-refractivity contribution in [3.05, 3.63) is 182 Å². The number of hydrogen-bond donors (Lipinski definition) is 0. The SMILES string of the molecule is CC([CH2][Sb]([c]1ccccc1)[c]1ccccc1)([CH2][Sb]([c]1ccccc1)[c]1ccccc1)[CH2][Sb]([c]1ccccc1)[c]1ccccc1. The first-order valence-corrected chi connectivity index (χ1v) is 28.4. The van der Waals surface area contributed by atoms with E-state index in [4.69, 9.17) is 0 Å². The maximum atomic E-state index is 2.70. The molecule has 0 aliphatic rings. The molecule has 0 aliphatic heterocycles. The molecule has 3 heteroatoms. The van der Waals surface area contributed by atoms with Crippen LogP contribution in [-0.4, -0.2) is 60.6 Å². The van der Waals surface area contributed by atoms with Crippen LogP contribution in [0.1, 0.15) is 6.92 Å². The summed E-state index contributed by atoms with van der Waals surface area (Å²) in [5, 5.41) is 0. The van der Waals surface area contributed by atoms with Gasteiger partial charge in [-0.15, -0.1) is 0 Å². The van der Waals surface area contributed by atoms with Crippen LogP contribution in [0.15, 0.2) is 182 Å². The van der Waals surface area contributed by atoms with E-state index in [-0.39, 0.29) is 5.41 Å². The van der Waals surface area contributed by atoms with Gasteiger partial charge in [0.05, 0.1) is 0 Å². The fraction of sp³-hybridized carbons (Fsp3) is 0.122. The second-order valence-corrected chi connectivity index (χ2v) is 30.5. The molecule has 0 fully saturated rings. The van der Waals surface area contributed by atoms with E-state index in [1.54, 1.807) is 21.1 Å². The average molecular weight is 897 g/mol. The summed E-state index contributed by atoms with van der Waals surface area (Å²) in [6, 6.07) is 69.3. The van der Waals surface area contributed by atoms with Crippen molar-refractivity contribution in [1.82, 2.24) is 0 Å². The van der Waals surface area contributed by atoms with Crippen molar-refractivity contribution in [2.24, 2.45) is 5.41 Å². The number of benzene rings is 6. The zero-order chi connectivity index (χ0) is 30.0. The second kappa shape index (κ2) is 15.9. The fourth-order valence-electron chi connectivity index (χ4n) is 5.94. The van der Waals surface area contributed by atoms with E-state index in [2.05, 4.69) is 189 Å². The molecule has 0 heterocycles. The Hall–Kier alpha value is -2.23. The van der Waals surface area contributed by atoms with E-state index in [1.165, 1.54) is 13.1 Å². The molecule has 6 rings (SSSR count). The number of hydrogen-bond acceptors (Lipinski definition) is 0. The van der Waals surface area contributed by atoms with Crippen LogP contribution >= 0.6 is 0 Å². The van der Waals surface area contributed by atoms with E-state index in [1.807, 2.05) is 0 Å². The molecule has 218 valence electrons. The Morgan fingerprint density at radius 2 is 0.455 bits per heavy atom. The molecule has 0 spiro atoms. The molecule has 0 aliphatic carbocycles. The molecule has 0 atom stereocenters. The Morgan fingerprint density at radius 3 is 0.614 bits per heavy atom. The molecule has 0 aromatic heterocycles. The summed E-state index contributed by atoms with van der Waals surface area (Å²) >= 11 is -6.32. The van der Waals surface area contributed by atoms with Crippen LogP contribution in [0.3, 0.4) is 0 Å². The van der Waals surface area contributed by atoms with Crippen LogP contribution in [0.25, 0.3) is 0 Å². The van der Waals surface area contributed by atoms with Gasteiger partial charge in [-0.25, -0.2) is 0 Å². The zero-order valence-corrected chi connectivity index (χ0v) is 32.9. The molecule has 44 heavy (non-hydrogen) atoms. The van der Waals surface area contributed by atoms with E-state index in [0.717, 1.165) is 0 Å². The van der Waals surface area contributed by atoms with Crippen LogP contribution < -0.4 is 21.1 Å². The summed E-state index contributed by atoms with van der Waals surface area (Å²) in [5.41, 5.74) is 0.234. The van der Waals surface area contributed by atoms with Crippen LogP contribution in [0.2, 0.25) is 13.1 Å². The molecule has 0 nitrogen and oxygen atoms in total. The Kier molecular flexibility index (Phi) is 11.4. The predicted molar refractivity (Wildman–Crippen MR) is 196 cm³/mol. The Balaban J connectivity index is 1.48. The molecule has 0 saturated carbocycles. The van der Waals surface area contributed by atoms with Gasteiger partial charge in [0.15, 0.2) is 0 Å². The third-order valence-electron chi connectivity index (χ3n) is 8.03. The first-order valence-electron chi connectivity index (χ1n) is 15.3. The maximum absolute atomic E-state index is 2.70. The van der Waals surface area contributed by atoms with Crippen molar-refractivity contribution in [3.63, 3.8) is 0 Å². The Morgan fingerprint density at radius 1 is 0.295 bits per heavy atom. The Bertz CT molecular complexity index is 1350.